The molecule has 0 aliphatic heterocycles. The zero-order chi connectivity index (χ0) is 17.4. The quantitative estimate of drug-likeness (QED) is 0.493. The third-order valence-corrected chi connectivity index (χ3v) is 4.72. The fraction of sp³-hybridized carbons (Fsp3) is 0.417. The Hall–Kier alpha value is -2.00. The van der Waals surface area contributed by atoms with Crippen LogP contribution in [0.4, 0.5) is 0 Å². The van der Waals surface area contributed by atoms with Gasteiger partial charge in [0.1, 0.15) is 0 Å². The van der Waals surface area contributed by atoms with E-state index in [0.717, 1.165) is 11.5 Å². The fourth-order valence-electron chi connectivity index (χ4n) is 3.27. The van der Waals surface area contributed by atoms with E-state index < -0.39 is 0 Å². The molecule has 0 aliphatic carbocycles. The minimum Gasteiger partial charge on any atom is -0.101 e. The van der Waals surface area contributed by atoms with Crippen LogP contribution in [0.2, 0.25) is 0 Å². The summed E-state index contributed by atoms with van der Waals surface area (Å²) in [7, 11) is 0. The lowest BCUT2D eigenvalue weighted by molar-refractivity contribution is 0.469. The average Bonchev–Trinajstić information content (AvgIpc) is 2.58. The molecule has 0 heterocycles. The van der Waals surface area contributed by atoms with E-state index in [9.17, 15) is 0 Å². The summed E-state index contributed by atoms with van der Waals surface area (Å²) in [5, 5.41) is 0. The summed E-state index contributed by atoms with van der Waals surface area (Å²) in [6, 6.07) is 15.6. The Kier molecular flexibility index (Phi) is 7.13. The van der Waals surface area contributed by atoms with Gasteiger partial charge in [0.2, 0.25) is 0 Å². The molecule has 2 aromatic rings. The predicted octanol–water partition coefficient (Wildman–Crippen LogP) is 6.79. The SMILES string of the molecule is CC#Cc1ccc(-c2ccc(CCCC(C)CCC)cc2)cc1C. The lowest BCUT2D eigenvalue weighted by Gasteiger charge is -2.10. The van der Waals surface area contributed by atoms with Gasteiger partial charge in [-0.2, -0.15) is 0 Å². The molecular formula is C24H30. The van der Waals surface area contributed by atoms with Crippen molar-refractivity contribution in [2.75, 3.05) is 0 Å². The molecular weight excluding hydrogens is 288 g/mol. The van der Waals surface area contributed by atoms with Crippen LogP contribution in [0.25, 0.3) is 11.1 Å². The Labute approximate surface area is 148 Å². The van der Waals surface area contributed by atoms with E-state index in [-0.39, 0.29) is 0 Å². The summed E-state index contributed by atoms with van der Waals surface area (Å²) in [4.78, 5) is 0. The summed E-state index contributed by atoms with van der Waals surface area (Å²) in [6.07, 6.45) is 6.49. The number of hydrogen-bond acceptors (Lipinski definition) is 0. The van der Waals surface area contributed by atoms with E-state index in [0.29, 0.717) is 0 Å². The Balaban J connectivity index is 1.98. The van der Waals surface area contributed by atoms with Gasteiger partial charge in [0.15, 0.2) is 0 Å². The number of rotatable bonds is 7. The highest BCUT2D eigenvalue weighted by Crippen LogP contribution is 2.23. The van der Waals surface area contributed by atoms with Crippen LogP contribution in [0.15, 0.2) is 42.5 Å². The van der Waals surface area contributed by atoms with Crippen LogP contribution in [-0.2, 0) is 6.42 Å². The molecule has 0 bridgehead atoms. The first-order valence-corrected chi connectivity index (χ1v) is 9.26. The van der Waals surface area contributed by atoms with E-state index in [1.165, 1.54) is 54.4 Å². The summed E-state index contributed by atoms with van der Waals surface area (Å²) in [5.41, 5.74) is 6.39. The monoisotopic (exact) mass is 318 g/mol. The largest absolute Gasteiger partial charge is 0.101 e. The van der Waals surface area contributed by atoms with Crippen LogP contribution in [0.3, 0.4) is 0 Å². The Morgan fingerprint density at radius 1 is 0.958 bits per heavy atom. The number of benzene rings is 2. The van der Waals surface area contributed by atoms with Crippen molar-refractivity contribution < 1.29 is 0 Å². The molecule has 0 saturated carbocycles. The molecule has 0 nitrogen and oxygen atoms in total. The molecule has 0 saturated heterocycles. The Morgan fingerprint density at radius 2 is 1.67 bits per heavy atom. The van der Waals surface area contributed by atoms with Crippen LogP contribution in [0, 0.1) is 24.7 Å². The van der Waals surface area contributed by atoms with Crippen molar-refractivity contribution in [2.45, 2.75) is 59.8 Å². The second-order valence-corrected chi connectivity index (χ2v) is 6.89. The molecule has 2 rings (SSSR count). The fourth-order valence-corrected chi connectivity index (χ4v) is 3.27. The maximum Gasteiger partial charge on any atom is 0.0274 e. The molecule has 24 heavy (non-hydrogen) atoms. The van der Waals surface area contributed by atoms with E-state index in [2.05, 4.69) is 75.1 Å². The second-order valence-electron chi connectivity index (χ2n) is 6.89. The van der Waals surface area contributed by atoms with Crippen molar-refractivity contribution in [3.63, 3.8) is 0 Å². The first-order valence-electron chi connectivity index (χ1n) is 9.26. The van der Waals surface area contributed by atoms with Crippen molar-refractivity contribution >= 4 is 0 Å². The molecule has 0 aliphatic rings. The van der Waals surface area contributed by atoms with Crippen molar-refractivity contribution in [1.82, 2.24) is 0 Å². The average molecular weight is 319 g/mol. The van der Waals surface area contributed by atoms with Gasteiger partial charge in [-0.3, -0.25) is 0 Å². The maximum absolute atomic E-state index is 3.15. The summed E-state index contributed by atoms with van der Waals surface area (Å²) < 4.78 is 0. The van der Waals surface area contributed by atoms with Gasteiger partial charge in [0, 0.05) is 5.56 Å². The molecule has 1 unspecified atom stereocenters. The van der Waals surface area contributed by atoms with E-state index in [1.54, 1.807) is 0 Å². The van der Waals surface area contributed by atoms with Gasteiger partial charge in [-0.15, -0.1) is 5.92 Å². The van der Waals surface area contributed by atoms with Gasteiger partial charge in [-0.1, -0.05) is 75.4 Å². The van der Waals surface area contributed by atoms with Crippen molar-refractivity contribution in [3.8, 4) is 23.0 Å². The first kappa shape index (κ1) is 18.3. The lowest BCUT2D eigenvalue weighted by Crippen LogP contribution is -1.95. The van der Waals surface area contributed by atoms with Crippen molar-refractivity contribution in [1.29, 1.82) is 0 Å². The van der Waals surface area contributed by atoms with Gasteiger partial charge in [0.05, 0.1) is 0 Å². The zero-order valence-electron chi connectivity index (χ0n) is 15.7. The Bertz CT molecular complexity index is 695. The normalized spacial score (nSPS) is 11.7. The lowest BCUT2D eigenvalue weighted by atomic mass is 9.96. The highest BCUT2D eigenvalue weighted by molar-refractivity contribution is 5.66. The molecule has 126 valence electrons. The molecule has 0 radical (unpaired) electrons. The number of hydrogen-bond donors (Lipinski definition) is 0. The molecule has 2 aromatic carbocycles. The van der Waals surface area contributed by atoms with Crippen LogP contribution < -0.4 is 0 Å². The van der Waals surface area contributed by atoms with Crippen molar-refractivity contribution in [3.05, 3.63) is 59.2 Å². The van der Waals surface area contributed by atoms with Gasteiger partial charge in [0.25, 0.3) is 0 Å². The molecule has 0 aromatic heterocycles. The predicted molar refractivity (Wildman–Crippen MR) is 106 cm³/mol. The first-order chi connectivity index (χ1) is 11.6. The molecule has 1 atom stereocenters. The smallest absolute Gasteiger partial charge is 0.0274 e. The summed E-state index contributed by atoms with van der Waals surface area (Å²) in [5.74, 6) is 6.99. The second kappa shape index (κ2) is 9.33. The van der Waals surface area contributed by atoms with E-state index in [1.807, 2.05) is 6.92 Å². The standard InChI is InChI=1S/C24H30/c1-5-8-19(3)10-7-11-21-12-14-23(15-13-21)24-17-16-22(9-6-2)20(4)18-24/h12-19H,5,7-8,10-11H2,1-4H3. The Morgan fingerprint density at radius 3 is 2.29 bits per heavy atom. The molecule has 0 spiro atoms. The molecule has 0 fully saturated rings. The van der Waals surface area contributed by atoms with Crippen LogP contribution in [0.5, 0.6) is 0 Å². The van der Waals surface area contributed by atoms with Gasteiger partial charge in [-0.05, 0) is 60.9 Å². The minimum absolute atomic E-state index is 0.863. The molecule has 0 heteroatoms. The van der Waals surface area contributed by atoms with Gasteiger partial charge >= 0.3 is 0 Å². The van der Waals surface area contributed by atoms with Crippen molar-refractivity contribution in [2.24, 2.45) is 5.92 Å². The zero-order valence-corrected chi connectivity index (χ0v) is 15.7. The van der Waals surface area contributed by atoms with Crippen LogP contribution >= 0.6 is 0 Å². The van der Waals surface area contributed by atoms with Gasteiger partial charge in [-0.25, -0.2) is 0 Å². The van der Waals surface area contributed by atoms with E-state index in [4.69, 9.17) is 0 Å². The number of aryl methyl sites for hydroxylation is 2. The van der Waals surface area contributed by atoms with Crippen LogP contribution in [0.1, 0.15) is 63.1 Å². The molecule has 0 N–H and O–H groups in total. The maximum atomic E-state index is 3.15. The topological polar surface area (TPSA) is 0 Å². The summed E-state index contributed by atoms with van der Waals surface area (Å²) in [6.45, 7) is 8.67. The third kappa shape index (κ3) is 5.27. The summed E-state index contributed by atoms with van der Waals surface area (Å²) >= 11 is 0. The highest BCUT2D eigenvalue weighted by atomic mass is 14.1. The van der Waals surface area contributed by atoms with E-state index >= 15 is 0 Å². The van der Waals surface area contributed by atoms with Crippen LogP contribution in [-0.4, -0.2) is 0 Å². The third-order valence-electron chi connectivity index (χ3n) is 4.72. The molecule has 0 amide bonds. The minimum atomic E-state index is 0.863. The van der Waals surface area contributed by atoms with Gasteiger partial charge < -0.3 is 0 Å². The highest BCUT2D eigenvalue weighted by Gasteiger charge is 2.03.